The first kappa shape index (κ1) is 10.8. The number of rotatable bonds is 2. The number of aromatic nitrogens is 2. The first-order chi connectivity index (χ1) is 8.33. The normalized spacial score (nSPS) is 20.2. The first-order valence-electron chi connectivity index (χ1n) is 6.42. The fourth-order valence-electron chi connectivity index (χ4n) is 2.69. The third-order valence-corrected chi connectivity index (χ3v) is 3.64. The molecule has 0 aromatic carbocycles. The summed E-state index contributed by atoms with van der Waals surface area (Å²) in [5.41, 5.74) is 1.75. The van der Waals surface area contributed by atoms with Crippen molar-refractivity contribution in [2.75, 3.05) is 11.9 Å². The van der Waals surface area contributed by atoms with E-state index in [1.165, 1.54) is 25.7 Å². The number of hydrogen-bond acceptors (Lipinski definition) is 4. The maximum atomic E-state index is 11.9. The van der Waals surface area contributed by atoms with Crippen LogP contribution < -0.4 is 16.2 Å². The predicted octanol–water partition coefficient (Wildman–Crippen LogP) is 0.770. The van der Waals surface area contributed by atoms with Gasteiger partial charge in [-0.2, -0.15) is 0 Å². The number of aromatic amines is 1. The molecule has 0 bridgehead atoms. The van der Waals surface area contributed by atoms with Gasteiger partial charge in [-0.05, 0) is 12.8 Å². The van der Waals surface area contributed by atoms with Gasteiger partial charge in [0.15, 0.2) is 0 Å². The van der Waals surface area contributed by atoms with Crippen LogP contribution in [0.25, 0.3) is 0 Å². The Balaban J connectivity index is 1.85. The topological polar surface area (TPSA) is 69.8 Å². The minimum atomic E-state index is 0.00250. The van der Waals surface area contributed by atoms with Crippen LogP contribution in [0.2, 0.25) is 0 Å². The molecule has 0 saturated heterocycles. The van der Waals surface area contributed by atoms with Gasteiger partial charge in [-0.25, -0.2) is 4.98 Å². The van der Waals surface area contributed by atoms with Gasteiger partial charge < -0.3 is 10.6 Å². The summed E-state index contributed by atoms with van der Waals surface area (Å²) in [5, 5.41) is 6.54. The number of hydrogen-bond donors (Lipinski definition) is 3. The molecule has 3 N–H and O–H groups in total. The molecular weight excluding hydrogens is 216 g/mol. The van der Waals surface area contributed by atoms with E-state index in [-0.39, 0.29) is 5.56 Å². The van der Waals surface area contributed by atoms with Gasteiger partial charge in [0.2, 0.25) is 5.95 Å². The fraction of sp³-hybridized carbons (Fsp3) is 0.667. The van der Waals surface area contributed by atoms with Crippen LogP contribution in [0.15, 0.2) is 4.79 Å². The second kappa shape index (κ2) is 4.49. The molecular formula is C12H18N4O. The molecule has 1 aliphatic carbocycles. The van der Waals surface area contributed by atoms with Crippen molar-refractivity contribution in [3.05, 3.63) is 21.6 Å². The van der Waals surface area contributed by atoms with Gasteiger partial charge in [-0.3, -0.25) is 9.78 Å². The highest BCUT2D eigenvalue weighted by molar-refractivity contribution is 5.32. The highest BCUT2D eigenvalue weighted by Gasteiger charge is 2.18. The van der Waals surface area contributed by atoms with Crippen LogP contribution in [0.4, 0.5) is 5.95 Å². The van der Waals surface area contributed by atoms with Gasteiger partial charge in [0, 0.05) is 25.6 Å². The summed E-state index contributed by atoms with van der Waals surface area (Å²) in [6, 6.07) is 0.484. The summed E-state index contributed by atoms with van der Waals surface area (Å²) < 4.78 is 0. The zero-order valence-electron chi connectivity index (χ0n) is 9.88. The maximum Gasteiger partial charge on any atom is 0.257 e. The predicted molar refractivity (Wildman–Crippen MR) is 66.1 cm³/mol. The molecule has 2 aliphatic rings. The van der Waals surface area contributed by atoms with Gasteiger partial charge in [0.1, 0.15) is 0 Å². The van der Waals surface area contributed by atoms with E-state index < -0.39 is 0 Å². The van der Waals surface area contributed by atoms with Gasteiger partial charge in [0.05, 0.1) is 11.3 Å². The maximum absolute atomic E-state index is 11.9. The molecule has 1 aromatic heterocycles. The number of nitrogens with zero attached hydrogens (tertiary/aromatic N) is 1. The van der Waals surface area contributed by atoms with Crippen LogP contribution in [0.1, 0.15) is 36.9 Å². The van der Waals surface area contributed by atoms with Crippen LogP contribution in [-0.4, -0.2) is 22.6 Å². The molecule has 3 rings (SSSR count). The Morgan fingerprint density at radius 1 is 1.29 bits per heavy atom. The molecule has 17 heavy (non-hydrogen) atoms. The molecule has 92 valence electrons. The van der Waals surface area contributed by atoms with Crippen molar-refractivity contribution in [1.29, 1.82) is 0 Å². The molecule has 1 aliphatic heterocycles. The number of H-pyrrole nitrogens is 1. The molecule has 0 atom stereocenters. The van der Waals surface area contributed by atoms with Crippen molar-refractivity contribution in [3.8, 4) is 0 Å². The monoisotopic (exact) mass is 234 g/mol. The third kappa shape index (κ3) is 2.20. The molecule has 0 amide bonds. The van der Waals surface area contributed by atoms with Crippen molar-refractivity contribution < 1.29 is 0 Å². The Morgan fingerprint density at radius 2 is 2.12 bits per heavy atom. The van der Waals surface area contributed by atoms with Crippen molar-refractivity contribution in [3.63, 3.8) is 0 Å². The fourth-order valence-corrected chi connectivity index (χ4v) is 2.69. The summed E-state index contributed by atoms with van der Waals surface area (Å²) in [6.07, 6.45) is 5.76. The lowest BCUT2D eigenvalue weighted by Gasteiger charge is -2.18. The molecule has 5 heteroatoms. The van der Waals surface area contributed by atoms with E-state index in [0.717, 1.165) is 24.2 Å². The van der Waals surface area contributed by atoms with Crippen molar-refractivity contribution in [1.82, 2.24) is 15.3 Å². The number of fused-ring (bicyclic) bond motifs is 1. The lowest BCUT2D eigenvalue weighted by Crippen LogP contribution is -2.32. The van der Waals surface area contributed by atoms with Crippen LogP contribution in [0.5, 0.6) is 0 Å². The molecule has 0 radical (unpaired) electrons. The van der Waals surface area contributed by atoms with E-state index in [1.807, 2.05) is 0 Å². The van der Waals surface area contributed by atoms with Gasteiger partial charge in [-0.1, -0.05) is 12.8 Å². The first-order valence-corrected chi connectivity index (χ1v) is 6.42. The van der Waals surface area contributed by atoms with Crippen molar-refractivity contribution in [2.45, 2.75) is 44.7 Å². The smallest absolute Gasteiger partial charge is 0.257 e. The summed E-state index contributed by atoms with van der Waals surface area (Å²) in [5.74, 6) is 0.655. The molecule has 5 nitrogen and oxygen atoms in total. The SMILES string of the molecule is O=c1[nH]c(NC2CCCC2)nc2c1CNCC2. The van der Waals surface area contributed by atoms with Gasteiger partial charge in [0.25, 0.3) is 5.56 Å². The molecule has 1 aromatic rings. The standard InChI is InChI=1S/C12H18N4O/c17-11-9-7-13-6-5-10(9)15-12(16-11)14-8-3-1-2-4-8/h8,13H,1-7H2,(H2,14,15,16,17). The van der Waals surface area contributed by atoms with E-state index >= 15 is 0 Å². The van der Waals surface area contributed by atoms with Gasteiger partial charge in [-0.15, -0.1) is 0 Å². The Kier molecular flexibility index (Phi) is 2.84. The lowest BCUT2D eigenvalue weighted by molar-refractivity contribution is 0.619. The minimum absolute atomic E-state index is 0.00250. The number of anilines is 1. The zero-order valence-corrected chi connectivity index (χ0v) is 9.88. The highest BCUT2D eigenvalue weighted by atomic mass is 16.1. The van der Waals surface area contributed by atoms with Crippen LogP contribution in [0, 0.1) is 0 Å². The quantitative estimate of drug-likeness (QED) is 0.707. The molecule has 2 heterocycles. The average Bonchev–Trinajstić information content (AvgIpc) is 2.82. The van der Waals surface area contributed by atoms with Crippen LogP contribution >= 0.6 is 0 Å². The highest BCUT2D eigenvalue weighted by Crippen LogP contribution is 2.20. The van der Waals surface area contributed by atoms with E-state index in [9.17, 15) is 4.79 Å². The zero-order chi connectivity index (χ0) is 11.7. The average molecular weight is 234 g/mol. The van der Waals surface area contributed by atoms with Crippen molar-refractivity contribution >= 4 is 5.95 Å². The van der Waals surface area contributed by atoms with Crippen LogP contribution in [-0.2, 0) is 13.0 Å². The van der Waals surface area contributed by atoms with Gasteiger partial charge >= 0.3 is 0 Å². The Morgan fingerprint density at radius 3 is 2.94 bits per heavy atom. The second-order valence-electron chi connectivity index (χ2n) is 4.89. The van der Waals surface area contributed by atoms with E-state index in [4.69, 9.17) is 0 Å². The third-order valence-electron chi connectivity index (χ3n) is 3.64. The Labute approximate surface area is 100 Å². The second-order valence-corrected chi connectivity index (χ2v) is 4.89. The molecule has 0 spiro atoms. The minimum Gasteiger partial charge on any atom is -0.353 e. The molecule has 1 fully saturated rings. The van der Waals surface area contributed by atoms with E-state index in [1.54, 1.807) is 0 Å². The lowest BCUT2D eigenvalue weighted by atomic mass is 10.1. The Hall–Kier alpha value is -1.36. The largest absolute Gasteiger partial charge is 0.353 e. The van der Waals surface area contributed by atoms with Crippen LogP contribution in [0.3, 0.4) is 0 Å². The van der Waals surface area contributed by atoms with E-state index in [2.05, 4.69) is 20.6 Å². The number of nitrogens with one attached hydrogen (secondary N) is 3. The van der Waals surface area contributed by atoms with Crippen molar-refractivity contribution in [2.24, 2.45) is 0 Å². The molecule has 0 unspecified atom stereocenters. The molecule has 1 saturated carbocycles. The summed E-state index contributed by atoms with van der Waals surface area (Å²) in [4.78, 5) is 19.3. The van der Waals surface area contributed by atoms with E-state index in [0.29, 0.717) is 18.5 Å². The summed E-state index contributed by atoms with van der Waals surface area (Å²) >= 11 is 0. The Bertz CT molecular complexity index is 462. The summed E-state index contributed by atoms with van der Waals surface area (Å²) in [6.45, 7) is 1.55. The summed E-state index contributed by atoms with van der Waals surface area (Å²) in [7, 11) is 0.